The number of anilines is 1. The molecule has 0 spiro atoms. The van der Waals surface area contributed by atoms with Crippen LogP contribution in [-0.4, -0.2) is 27.9 Å². The molecule has 1 aromatic heterocycles. The fraction of sp³-hybridized carbons (Fsp3) is 0.462. The molecular formula is C13H17N3O2. The monoisotopic (exact) mass is 247 g/mol. The minimum absolute atomic E-state index is 0.0497. The van der Waals surface area contributed by atoms with Gasteiger partial charge in [0.15, 0.2) is 0 Å². The minimum Gasteiger partial charge on any atom is -0.399 e. The Balaban J connectivity index is 2.12. The van der Waals surface area contributed by atoms with Crippen LogP contribution < -0.4 is 5.73 Å². The van der Waals surface area contributed by atoms with E-state index in [1.54, 1.807) is 0 Å². The molecule has 5 heteroatoms. The smallest absolute Gasteiger partial charge is 0.135 e. The normalized spacial score (nSPS) is 17.4. The maximum atomic E-state index is 9.47. The second kappa shape index (κ2) is 4.59. The van der Waals surface area contributed by atoms with E-state index in [1.807, 2.05) is 18.2 Å². The van der Waals surface area contributed by atoms with Gasteiger partial charge < -0.3 is 20.1 Å². The number of hydrogen-bond donors (Lipinski definition) is 2. The van der Waals surface area contributed by atoms with Gasteiger partial charge in [0.05, 0.1) is 11.0 Å². The summed E-state index contributed by atoms with van der Waals surface area (Å²) < 4.78 is 7.52. The number of aromatic nitrogens is 2. The summed E-state index contributed by atoms with van der Waals surface area (Å²) in [5, 5.41) is 9.47. The molecule has 0 atom stereocenters. The summed E-state index contributed by atoms with van der Waals surface area (Å²) in [5.41, 5.74) is 8.36. The van der Waals surface area contributed by atoms with Crippen molar-refractivity contribution < 1.29 is 9.84 Å². The number of fused-ring (bicyclic) bond motifs is 1. The first-order valence-corrected chi connectivity index (χ1v) is 6.24. The zero-order valence-electron chi connectivity index (χ0n) is 10.2. The van der Waals surface area contributed by atoms with Gasteiger partial charge in [-0.3, -0.25) is 0 Å². The molecule has 0 radical (unpaired) electrons. The molecule has 2 heterocycles. The summed E-state index contributed by atoms with van der Waals surface area (Å²) in [6, 6.07) is 6.06. The van der Waals surface area contributed by atoms with Gasteiger partial charge in [-0.1, -0.05) is 0 Å². The van der Waals surface area contributed by atoms with Crippen molar-refractivity contribution in [3.05, 3.63) is 24.0 Å². The molecule has 2 aromatic rings. The van der Waals surface area contributed by atoms with E-state index < -0.39 is 0 Å². The van der Waals surface area contributed by atoms with Gasteiger partial charge in [0.25, 0.3) is 0 Å². The third kappa shape index (κ3) is 1.85. The quantitative estimate of drug-likeness (QED) is 0.788. The zero-order chi connectivity index (χ0) is 12.5. The molecule has 0 unspecified atom stereocenters. The average molecular weight is 247 g/mol. The van der Waals surface area contributed by atoms with Gasteiger partial charge >= 0.3 is 0 Å². The lowest BCUT2D eigenvalue weighted by molar-refractivity contribution is 0.0687. The molecule has 1 saturated heterocycles. The van der Waals surface area contributed by atoms with E-state index in [0.717, 1.165) is 37.1 Å². The molecule has 96 valence electrons. The van der Waals surface area contributed by atoms with Crippen LogP contribution in [0.2, 0.25) is 0 Å². The van der Waals surface area contributed by atoms with Crippen LogP contribution in [0.3, 0.4) is 0 Å². The summed E-state index contributed by atoms with van der Waals surface area (Å²) in [4.78, 5) is 4.46. The Morgan fingerprint density at radius 3 is 2.89 bits per heavy atom. The maximum Gasteiger partial charge on any atom is 0.135 e. The number of ether oxygens (including phenoxy) is 1. The fourth-order valence-electron chi connectivity index (χ4n) is 2.63. The molecule has 0 saturated carbocycles. The Bertz CT molecular complexity index is 559. The number of nitrogens with zero attached hydrogens (tertiary/aromatic N) is 2. The molecule has 0 bridgehead atoms. The van der Waals surface area contributed by atoms with E-state index >= 15 is 0 Å². The second-order valence-electron chi connectivity index (χ2n) is 4.65. The van der Waals surface area contributed by atoms with Crippen molar-refractivity contribution in [2.24, 2.45) is 0 Å². The lowest BCUT2D eigenvalue weighted by atomic mass is 10.1. The van der Waals surface area contributed by atoms with Crippen LogP contribution in [0.15, 0.2) is 18.2 Å². The SMILES string of the molecule is Nc1ccc2c(c1)nc(CO)n2C1CCOCC1. The Labute approximate surface area is 105 Å². The topological polar surface area (TPSA) is 73.3 Å². The second-order valence-corrected chi connectivity index (χ2v) is 4.65. The summed E-state index contributed by atoms with van der Waals surface area (Å²) in [6.45, 7) is 1.49. The number of benzene rings is 1. The Hall–Kier alpha value is -1.59. The fourth-order valence-corrected chi connectivity index (χ4v) is 2.63. The summed E-state index contributed by atoms with van der Waals surface area (Å²) in [5.74, 6) is 0.711. The standard InChI is InChI=1S/C13H17N3O2/c14-9-1-2-12-11(7-9)15-13(8-17)16(12)10-3-5-18-6-4-10/h1-2,7,10,17H,3-6,8,14H2. The predicted molar refractivity (Wildman–Crippen MR) is 69.2 cm³/mol. The molecule has 3 N–H and O–H groups in total. The van der Waals surface area contributed by atoms with Crippen molar-refractivity contribution in [1.82, 2.24) is 9.55 Å². The van der Waals surface area contributed by atoms with Crippen molar-refractivity contribution in [1.29, 1.82) is 0 Å². The molecule has 18 heavy (non-hydrogen) atoms. The van der Waals surface area contributed by atoms with Crippen LogP contribution in [0.25, 0.3) is 11.0 Å². The van der Waals surface area contributed by atoms with Crippen LogP contribution in [0, 0.1) is 0 Å². The van der Waals surface area contributed by atoms with Crippen molar-refractivity contribution in [3.63, 3.8) is 0 Å². The van der Waals surface area contributed by atoms with Crippen molar-refractivity contribution in [2.45, 2.75) is 25.5 Å². The number of nitrogens with two attached hydrogens (primary N) is 1. The zero-order valence-corrected chi connectivity index (χ0v) is 10.2. The lowest BCUT2D eigenvalue weighted by Crippen LogP contribution is -2.21. The number of nitrogen functional groups attached to an aromatic ring is 1. The molecule has 5 nitrogen and oxygen atoms in total. The molecule has 0 amide bonds. The van der Waals surface area contributed by atoms with Gasteiger partial charge in [-0.05, 0) is 31.0 Å². The van der Waals surface area contributed by atoms with Crippen LogP contribution in [-0.2, 0) is 11.3 Å². The van der Waals surface area contributed by atoms with Crippen LogP contribution in [0.5, 0.6) is 0 Å². The average Bonchev–Trinajstić information content (AvgIpc) is 2.77. The van der Waals surface area contributed by atoms with Gasteiger partial charge in [-0.15, -0.1) is 0 Å². The first-order valence-electron chi connectivity index (χ1n) is 6.24. The summed E-state index contributed by atoms with van der Waals surface area (Å²) in [7, 11) is 0. The maximum absolute atomic E-state index is 9.47. The van der Waals surface area contributed by atoms with Gasteiger partial charge in [0.2, 0.25) is 0 Å². The van der Waals surface area contributed by atoms with Crippen molar-refractivity contribution in [3.8, 4) is 0 Å². The van der Waals surface area contributed by atoms with Gasteiger partial charge in [0, 0.05) is 24.9 Å². The molecule has 1 fully saturated rings. The molecule has 3 rings (SSSR count). The number of aliphatic hydroxyl groups excluding tert-OH is 1. The third-order valence-corrected chi connectivity index (χ3v) is 3.48. The molecule has 0 aliphatic carbocycles. The minimum atomic E-state index is -0.0497. The van der Waals surface area contributed by atoms with Gasteiger partial charge in [-0.25, -0.2) is 4.98 Å². The number of aliphatic hydroxyl groups is 1. The predicted octanol–water partition coefficient (Wildman–Crippen LogP) is 1.46. The highest BCUT2D eigenvalue weighted by molar-refractivity contribution is 5.79. The Kier molecular flexibility index (Phi) is 2.93. The Morgan fingerprint density at radius 1 is 1.39 bits per heavy atom. The van der Waals surface area contributed by atoms with Crippen LogP contribution in [0.4, 0.5) is 5.69 Å². The number of imidazole rings is 1. The molecule has 1 aliphatic rings. The van der Waals surface area contributed by atoms with Gasteiger partial charge in [0.1, 0.15) is 12.4 Å². The first kappa shape index (κ1) is 11.5. The highest BCUT2D eigenvalue weighted by atomic mass is 16.5. The lowest BCUT2D eigenvalue weighted by Gasteiger charge is -2.25. The van der Waals surface area contributed by atoms with E-state index in [4.69, 9.17) is 10.5 Å². The number of hydrogen-bond acceptors (Lipinski definition) is 4. The highest BCUT2D eigenvalue weighted by Gasteiger charge is 2.21. The largest absolute Gasteiger partial charge is 0.399 e. The van der Waals surface area contributed by atoms with E-state index in [1.165, 1.54) is 0 Å². The van der Waals surface area contributed by atoms with Crippen molar-refractivity contribution >= 4 is 16.7 Å². The first-order chi connectivity index (χ1) is 8.79. The van der Waals surface area contributed by atoms with E-state index in [0.29, 0.717) is 17.6 Å². The van der Waals surface area contributed by atoms with Gasteiger partial charge in [-0.2, -0.15) is 0 Å². The highest BCUT2D eigenvalue weighted by Crippen LogP contribution is 2.28. The molecule has 1 aromatic carbocycles. The number of rotatable bonds is 2. The molecule has 1 aliphatic heterocycles. The summed E-state index contributed by atoms with van der Waals surface area (Å²) in [6.07, 6.45) is 1.92. The Morgan fingerprint density at radius 2 is 2.17 bits per heavy atom. The molecular weight excluding hydrogens is 230 g/mol. The van der Waals surface area contributed by atoms with Crippen molar-refractivity contribution in [2.75, 3.05) is 18.9 Å². The third-order valence-electron chi connectivity index (χ3n) is 3.48. The van der Waals surface area contributed by atoms with E-state index in [9.17, 15) is 5.11 Å². The van der Waals surface area contributed by atoms with Crippen LogP contribution in [0.1, 0.15) is 24.7 Å². The van der Waals surface area contributed by atoms with E-state index in [2.05, 4.69) is 9.55 Å². The van der Waals surface area contributed by atoms with Crippen LogP contribution >= 0.6 is 0 Å². The van der Waals surface area contributed by atoms with E-state index in [-0.39, 0.29) is 6.61 Å². The summed E-state index contributed by atoms with van der Waals surface area (Å²) >= 11 is 0.